The summed E-state index contributed by atoms with van der Waals surface area (Å²) in [5, 5.41) is 3.37. The van der Waals surface area contributed by atoms with E-state index in [0.29, 0.717) is 29.6 Å². The first-order valence-corrected chi connectivity index (χ1v) is 6.84. The van der Waals surface area contributed by atoms with Crippen LogP contribution in [0.4, 0.5) is 0 Å². The summed E-state index contributed by atoms with van der Waals surface area (Å²) in [7, 11) is 3.16. The number of piperazine rings is 1. The summed E-state index contributed by atoms with van der Waals surface area (Å²) in [6, 6.07) is 5.73. The number of carbonyl (C=O) groups is 1. The molecular formula is C15H22N2O3. The smallest absolute Gasteiger partial charge is 0.254 e. The Kier molecular flexibility index (Phi) is 4.49. The quantitative estimate of drug-likeness (QED) is 0.911. The Morgan fingerprint density at radius 2 is 1.80 bits per heavy atom. The number of nitrogens with one attached hydrogen (secondary N) is 1. The molecule has 2 unspecified atom stereocenters. The summed E-state index contributed by atoms with van der Waals surface area (Å²) < 4.78 is 10.4. The number of methoxy groups -OCH3 is 2. The van der Waals surface area contributed by atoms with Gasteiger partial charge in [-0.25, -0.2) is 0 Å². The van der Waals surface area contributed by atoms with Crippen molar-refractivity contribution in [2.24, 2.45) is 0 Å². The third-order valence-electron chi connectivity index (χ3n) is 3.89. The van der Waals surface area contributed by atoms with Crippen molar-refractivity contribution in [1.29, 1.82) is 0 Å². The van der Waals surface area contributed by atoms with E-state index in [9.17, 15) is 4.79 Å². The number of hydrogen-bond donors (Lipinski definition) is 1. The predicted octanol–water partition coefficient (Wildman–Crippen LogP) is 1.53. The minimum absolute atomic E-state index is 0.0167. The largest absolute Gasteiger partial charge is 0.497 e. The molecule has 1 aliphatic rings. The molecule has 1 heterocycles. The number of carbonyl (C=O) groups excluding carboxylic acids is 1. The minimum atomic E-state index is 0.0167. The molecule has 2 atom stereocenters. The summed E-state index contributed by atoms with van der Waals surface area (Å²) in [5.74, 6) is 1.27. The van der Waals surface area contributed by atoms with Gasteiger partial charge in [-0.1, -0.05) is 0 Å². The highest BCUT2D eigenvalue weighted by molar-refractivity contribution is 5.95. The molecule has 1 aromatic carbocycles. The van der Waals surface area contributed by atoms with Gasteiger partial charge in [0.25, 0.3) is 5.91 Å². The molecule has 1 aliphatic heterocycles. The Morgan fingerprint density at radius 3 is 2.35 bits per heavy atom. The third-order valence-corrected chi connectivity index (χ3v) is 3.89. The van der Waals surface area contributed by atoms with Crippen LogP contribution >= 0.6 is 0 Å². The van der Waals surface area contributed by atoms with Crippen LogP contribution in [0.5, 0.6) is 11.5 Å². The van der Waals surface area contributed by atoms with Crippen LogP contribution in [0.1, 0.15) is 24.2 Å². The SMILES string of the molecule is COc1cc(OC)cc(C(=O)N2CCNC(C)C2C)c1. The van der Waals surface area contributed by atoms with Gasteiger partial charge >= 0.3 is 0 Å². The van der Waals surface area contributed by atoms with Gasteiger partial charge in [-0.05, 0) is 26.0 Å². The maximum Gasteiger partial charge on any atom is 0.254 e. The molecule has 0 spiro atoms. The Balaban J connectivity index is 2.28. The average molecular weight is 278 g/mol. The number of ether oxygens (including phenoxy) is 2. The van der Waals surface area contributed by atoms with Crippen LogP contribution in [0, 0.1) is 0 Å². The molecule has 20 heavy (non-hydrogen) atoms. The molecule has 5 nitrogen and oxygen atoms in total. The minimum Gasteiger partial charge on any atom is -0.497 e. The van der Waals surface area contributed by atoms with Gasteiger partial charge in [0.15, 0.2) is 0 Å². The van der Waals surface area contributed by atoms with Crippen LogP contribution in [-0.4, -0.2) is 50.2 Å². The van der Waals surface area contributed by atoms with Crippen LogP contribution in [0.15, 0.2) is 18.2 Å². The van der Waals surface area contributed by atoms with E-state index in [1.165, 1.54) is 0 Å². The first kappa shape index (κ1) is 14.7. The van der Waals surface area contributed by atoms with Crippen LogP contribution in [0.25, 0.3) is 0 Å². The highest BCUT2D eigenvalue weighted by Gasteiger charge is 2.29. The highest BCUT2D eigenvalue weighted by atomic mass is 16.5. The lowest BCUT2D eigenvalue weighted by atomic mass is 10.0. The Bertz CT molecular complexity index is 468. The van der Waals surface area contributed by atoms with Crippen molar-refractivity contribution in [2.45, 2.75) is 25.9 Å². The maximum atomic E-state index is 12.7. The molecule has 1 fully saturated rings. The fourth-order valence-corrected chi connectivity index (χ4v) is 2.44. The monoisotopic (exact) mass is 278 g/mol. The van der Waals surface area contributed by atoms with Crippen molar-refractivity contribution in [3.05, 3.63) is 23.8 Å². The van der Waals surface area contributed by atoms with Gasteiger partial charge in [-0.3, -0.25) is 4.79 Å². The van der Waals surface area contributed by atoms with E-state index < -0.39 is 0 Å². The van der Waals surface area contributed by atoms with Gasteiger partial charge < -0.3 is 19.7 Å². The lowest BCUT2D eigenvalue weighted by molar-refractivity contribution is 0.0602. The first-order valence-electron chi connectivity index (χ1n) is 6.84. The summed E-state index contributed by atoms with van der Waals surface area (Å²) in [4.78, 5) is 14.6. The zero-order chi connectivity index (χ0) is 14.7. The second kappa shape index (κ2) is 6.13. The molecular weight excluding hydrogens is 256 g/mol. The number of hydrogen-bond acceptors (Lipinski definition) is 4. The molecule has 0 aliphatic carbocycles. The van der Waals surface area contributed by atoms with E-state index in [1.54, 1.807) is 32.4 Å². The summed E-state index contributed by atoms with van der Waals surface area (Å²) in [6.45, 7) is 5.69. The second-order valence-corrected chi connectivity index (χ2v) is 5.08. The lowest BCUT2D eigenvalue weighted by Crippen LogP contribution is -2.57. The average Bonchev–Trinajstić information content (AvgIpc) is 2.48. The van der Waals surface area contributed by atoms with Gasteiger partial charge in [-0.2, -0.15) is 0 Å². The molecule has 0 bridgehead atoms. The Labute approximate surface area is 119 Å². The molecule has 0 radical (unpaired) electrons. The molecule has 0 saturated carbocycles. The molecule has 1 aromatic rings. The van der Waals surface area contributed by atoms with Gasteiger partial charge in [0, 0.05) is 36.8 Å². The molecule has 1 saturated heterocycles. The van der Waals surface area contributed by atoms with Crippen molar-refractivity contribution in [3.8, 4) is 11.5 Å². The fraction of sp³-hybridized carbons (Fsp3) is 0.533. The standard InChI is InChI=1S/C15H22N2O3/c1-10-11(2)17(6-5-16-10)15(18)12-7-13(19-3)9-14(8-12)20-4/h7-11,16H,5-6H2,1-4H3. The number of nitrogens with zero attached hydrogens (tertiary/aromatic N) is 1. The number of amides is 1. The van der Waals surface area contributed by atoms with Crippen molar-refractivity contribution in [3.63, 3.8) is 0 Å². The van der Waals surface area contributed by atoms with E-state index in [4.69, 9.17) is 9.47 Å². The Morgan fingerprint density at radius 1 is 1.20 bits per heavy atom. The van der Waals surface area contributed by atoms with Crippen molar-refractivity contribution in [1.82, 2.24) is 10.2 Å². The molecule has 2 rings (SSSR count). The van der Waals surface area contributed by atoms with Gasteiger partial charge in [0.05, 0.1) is 14.2 Å². The van der Waals surface area contributed by atoms with E-state index >= 15 is 0 Å². The van der Waals surface area contributed by atoms with Crippen molar-refractivity contribution >= 4 is 5.91 Å². The van der Waals surface area contributed by atoms with Crippen LogP contribution in [0.2, 0.25) is 0 Å². The maximum absolute atomic E-state index is 12.7. The molecule has 0 aromatic heterocycles. The Hall–Kier alpha value is -1.75. The summed E-state index contributed by atoms with van der Waals surface area (Å²) in [6.07, 6.45) is 0. The molecule has 1 N–H and O–H groups in total. The van der Waals surface area contributed by atoms with Crippen molar-refractivity contribution in [2.75, 3.05) is 27.3 Å². The third kappa shape index (κ3) is 2.88. The zero-order valence-corrected chi connectivity index (χ0v) is 12.5. The summed E-state index contributed by atoms with van der Waals surface area (Å²) in [5.41, 5.74) is 0.599. The highest BCUT2D eigenvalue weighted by Crippen LogP contribution is 2.24. The van der Waals surface area contributed by atoms with E-state index in [-0.39, 0.29) is 11.9 Å². The first-order chi connectivity index (χ1) is 9.56. The number of rotatable bonds is 3. The van der Waals surface area contributed by atoms with Crippen LogP contribution in [-0.2, 0) is 0 Å². The molecule has 1 amide bonds. The van der Waals surface area contributed by atoms with Crippen molar-refractivity contribution < 1.29 is 14.3 Å². The van der Waals surface area contributed by atoms with Crippen LogP contribution < -0.4 is 14.8 Å². The molecule has 110 valence electrons. The van der Waals surface area contributed by atoms with E-state index in [2.05, 4.69) is 19.2 Å². The van der Waals surface area contributed by atoms with Gasteiger partial charge in [0.1, 0.15) is 11.5 Å². The van der Waals surface area contributed by atoms with Gasteiger partial charge in [-0.15, -0.1) is 0 Å². The lowest BCUT2D eigenvalue weighted by Gasteiger charge is -2.38. The van der Waals surface area contributed by atoms with Crippen LogP contribution in [0.3, 0.4) is 0 Å². The predicted molar refractivity (Wildman–Crippen MR) is 77.5 cm³/mol. The van der Waals surface area contributed by atoms with E-state index in [1.807, 2.05) is 4.90 Å². The fourth-order valence-electron chi connectivity index (χ4n) is 2.44. The second-order valence-electron chi connectivity index (χ2n) is 5.08. The zero-order valence-electron chi connectivity index (χ0n) is 12.5. The molecule has 5 heteroatoms. The van der Waals surface area contributed by atoms with E-state index in [0.717, 1.165) is 6.54 Å². The number of benzene rings is 1. The van der Waals surface area contributed by atoms with Gasteiger partial charge in [0.2, 0.25) is 0 Å². The summed E-state index contributed by atoms with van der Waals surface area (Å²) >= 11 is 0. The normalized spacial score (nSPS) is 22.5. The topological polar surface area (TPSA) is 50.8 Å².